The molecule has 1 heterocycles. The number of rotatable bonds is 2. The highest BCUT2D eigenvalue weighted by Crippen LogP contribution is 2.34. The lowest BCUT2D eigenvalue weighted by Crippen LogP contribution is -2.53. The molecule has 0 aromatic rings. The molecular weight excluding hydrogens is 328 g/mol. The third-order valence-electron chi connectivity index (χ3n) is 2.72. The highest BCUT2D eigenvalue weighted by Gasteiger charge is 2.43. The molecule has 88 valence electrons. The van der Waals surface area contributed by atoms with Gasteiger partial charge in [-0.05, 0) is 31.3 Å². The predicted octanol–water partition coefficient (Wildman–Crippen LogP) is 1.95. The van der Waals surface area contributed by atoms with Gasteiger partial charge >= 0.3 is 0 Å². The van der Waals surface area contributed by atoms with Crippen molar-refractivity contribution in [3.8, 4) is 0 Å². The standard InChI is InChI=1S/C10H16Br2O3/c1-9(13,3-4-11)8-5-7(12)10(2,14)6-15-8/h3-4,7-8,13-14H,5-6H2,1-2H3/b4-3+/t7-,8+,9-,10-/m0/s1. The molecule has 3 nitrogen and oxygen atoms in total. The topological polar surface area (TPSA) is 49.7 Å². The smallest absolute Gasteiger partial charge is 0.107 e. The molecule has 4 atom stereocenters. The average Bonchev–Trinajstić information content (AvgIpc) is 2.09. The minimum absolute atomic E-state index is 0.0704. The highest BCUT2D eigenvalue weighted by molar-refractivity contribution is 9.11. The van der Waals surface area contributed by atoms with Gasteiger partial charge in [0.2, 0.25) is 0 Å². The Hall–Kier alpha value is 0.580. The normalized spacial score (nSPS) is 41.7. The first kappa shape index (κ1) is 13.6. The lowest BCUT2D eigenvalue weighted by molar-refractivity contribution is -0.152. The molecular formula is C10H16Br2O3. The van der Waals surface area contributed by atoms with Crippen molar-refractivity contribution in [3.63, 3.8) is 0 Å². The molecule has 0 bridgehead atoms. The van der Waals surface area contributed by atoms with Crippen LogP contribution in [0.4, 0.5) is 0 Å². The van der Waals surface area contributed by atoms with Crippen LogP contribution in [0.5, 0.6) is 0 Å². The first-order valence-electron chi connectivity index (χ1n) is 4.78. The summed E-state index contributed by atoms with van der Waals surface area (Å²) in [5.74, 6) is 0. The number of hydrogen-bond donors (Lipinski definition) is 2. The summed E-state index contributed by atoms with van der Waals surface area (Å²) in [4.78, 5) is 1.55. The Morgan fingerprint density at radius 1 is 1.60 bits per heavy atom. The molecule has 0 spiro atoms. The quantitative estimate of drug-likeness (QED) is 0.753. The summed E-state index contributed by atoms with van der Waals surface area (Å²) in [6.45, 7) is 3.63. The summed E-state index contributed by atoms with van der Waals surface area (Å²) in [6, 6.07) is 0. The third-order valence-corrected chi connectivity index (χ3v) is 4.35. The molecule has 0 aromatic carbocycles. The van der Waals surface area contributed by atoms with Crippen LogP contribution >= 0.6 is 31.9 Å². The second-order valence-corrected chi connectivity index (χ2v) is 6.01. The van der Waals surface area contributed by atoms with E-state index in [1.165, 1.54) is 0 Å². The molecule has 0 aliphatic carbocycles. The van der Waals surface area contributed by atoms with Gasteiger partial charge < -0.3 is 14.9 Å². The molecule has 0 aromatic heterocycles. The van der Waals surface area contributed by atoms with Crippen LogP contribution in [0.25, 0.3) is 0 Å². The van der Waals surface area contributed by atoms with Gasteiger partial charge in [-0.15, -0.1) is 0 Å². The maximum absolute atomic E-state index is 10.1. The van der Waals surface area contributed by atoms with Crippen LogP contribution in [0.1, 0.15) is 20.3 Å². The minimum Gasteiger partial charge on any atom is -0.387 e. The number of alkyl halides is 1. The van der Waals surface area contributed by atoms with E-state index in [0.29, 0.717) is 6.42 Å². The van der Waals surface area contributed by atoms with Crippen LogP contribution in [-0.2, 0) is 4.74 Å². The maximum atomic E-state index is 10.1. The molecule has 0 amide bonds. The molecule has 1 fully saturated rings. The third kappa shape index (κ3) is 3.27. The van der Waals surface area contributed by atoms with E-state index in [1.54, 1.807) is 24.9 Å². The highest BCUT2D eigenvalue weighted by atomic mass is 79.9. The van der Waals surface area contributed by atoms with Gasteiger partial charge in [-0.25, -0.2) is 0 Å². The van der Waals surface area contributed by atoms with Crippen LogP contribution in [0.2, 0.25) is 0 Å². The van der Waals surface area contributed by atoms with E-state index in [1.807, 2.05) is 0 Å². The van der Waals surface area contributed by atoms with Crippen molar-refractivity contribution >= 4 is 31.9 Å². The van der Waals surface area contributed by atoms with Crippen molar-refractivity contribution in [1.29, 1.82) is 0 Å². The Labute approximate surface area is 107 Å². The number of aliphatic hydroxyl groups is 2. The zero-order valence-corrected chi connectivity index (χ0v) is 12.0. The lowest BCUT2D eigenvalue weighted by atomic mass is 9.88. The van der Waals surface area contributed by atoms with Crippen molar-refractivity contribution in [1.82, 2.24) is 0 Å². The van der Waals surface area contributed by atoms with Crippen LogP contribution in [0.3, 0.4) is 0 Å². The fraction of sp³-hybridized carbons (Fsp3) is 0.800. The van der Waals surface area contributed by atoms with Gasteiger partial charge in [0, 0.05) is 4.83 Å². The second kappa shape index (κ2) is 4.84. The summed E-state index contributed by atoms with van der Waals surface area (Å²) in [5, 5.41) is 20.0. The van der Waals surface area contributed by atoms with Crippen molar-refractivity contribution < 1.29 is 14.9 Å². The summed E-state index contributed by atoms with van der Waals surface area (Å²) in [6.07, 6.45) is 1.89. The molecule has 0 unspecified atom stereocenters. The lowest BCUT2D eigenvalue weighted by Gasteiger charge is -2.42. The van der Waals surface area contributed by atoms with E-state index >= 15 is 0 Å². The van der Waals surface area contributed by atoms with E-state index < -0.39 is 11.2 Å². The van der Waals surface area contributed by atoms with Gasteiger partial charge in [-0.1, -0.05) is 31.9 Å². The minimum atomic E-state index is -1.02. The zero-order chi connectivity index (χ0) is 11.7. The molecule has 1 aliphatic heterocycles. The monoisotopic (exact) mass is 342 g/mol. The molecule has 0 saturated carbocycles. The van der Waals surface area contributed by atoms with E-state index in [4.69, 9.17) is 4.74 Å². The fourth-order valence-electron chi connectivity index (χ4n) is 1.51. The molecule has 0 radical (unpaired) electrons. The molecule has 5 heteroatoms. The van der Waals surface area contributed by atoms with E-state index in [9.17, 15) is 10.2 Å². The van der Waals surface area contributed by atoms with Gasteiger partial charge in [0.05, 0.1) is 18.3 Å². The van der Waals surface area contributed by atoms with E-state index in [0.717, 1.165) is 0 Å². The molecule has 15 heavy (non-hydrogen) atoms. The van der Waals surface area contributed by atoms with Gasteiger partial charge in [-0.2, -0.15) is 0 Å². The van der Waals surface area contributed by atoms with Gasteiger partial charge in [0.15, 0.2) is 0 Å². The maximum Gasteiger partial charge on any atom is 0.107 e. The summed E-state index contributed by atoms with van der Waals surface area (Å²) >= 11 is 6.55. The first-order chi connectivity index (χ1) is 6.79. The van der Waals surface area contributed by atoms with Crippen LogP contribution in [-0.4, -0.2) is 39.0 Å². The number of hydrogen-bond acceptors (Lipinski definition) is 3. The molecule has 1 aliphatic rings. The van der Waals surface area contributed by atoms with Gasteiger partial charge in [0.1, 0.15) is 5.60 Å². The Kier molecular flexibility index (Phi) is 4.40. The summed E-state index contributed by atoms with van der Waals surface area (Å²) in [5.41, 5.74) is -1.89. The molecule has 2 N–H and O–H groups in total. The second-order valence-electron chi connectivity index (χ2n) is 4.38. The Bertz CT molecular complexity index is 251. The van der Waals surface area contributed by atoms with Crippen molar-refractivity contribution in [2.75, 3.05) is 6.61 Å². The van der Waals surface area contributed by atoms with Crippen molar-refractivity contribution in [2.24, 2.45) is 0 Å². The SMILES string of the molecule is C[C@](O)(/C=C/Br)[C@H]1C[C@H](Br)[C@@](C)(O)CO1. The predicted molar refractivity (Wildman–Crippen MR) is 66.4 cm³/mol. The van der Waals surface area contributed by atoms with E-state index in [-0.39, 0.29) is 17.5 Å². The van der Waals surface area contributed by atoms with Gasteiger partial charge in [0.25, 0.3) is 0 Å². The zero-order valence-electron chi connectivity index (χ0n) is 8.78. The van der Waals surface area contributed by atoms with E-state index in [2.05, 4.69) is 31.9 Å². The Morgan fingerprint density at radius 3 is 2.67 bits per heavy atom. The number of ether oxygens (including phenoxy) is 1. The van der Waals surface area contributed by atoms with Crippen molar-refractivity contribution in [3.05, 3.63) is 11.1 Å². The average molecular weight is 344 g/mol. The van der Waals surface area contributed by atoms with Gasteiger partial charge in [-0.3, -0.25) is 0 Å². The molecule has 1 saturated heterocycles. The van der Waals surface area contributed by atoms with Crippen LogP contribution in [0.15, 0.2) is 11.1 Å². The number of halogens is 2. The summed E-state index contributed by atoms with van der Waals surface area (Å²) < 4.78 is 5.48. The fourth-order valence-corrected chi connectivity index (χ4v) is 2.52. The van der Waals surface area contributed by atoms with Crippen LogP contribution < -0.4 is 0 Å². The largest absolute Gasteiger partial charge is 0.387 e. The summed E-state index contributed by atoms with van der Waals surface area (Å²) in [7, 11) is 0. The first-order valence-corrected chi connectivity index (χ1v) is 6.61. The van der Waals surface area contributed by atoms with Crippen molar-refractivity contribution in [2.45, 2.75) is 42.4 Å². The Morgan fingerprint density at radius 2 is 2.20 bits per heavy atom. The van der Waals surface area contributed by atoms with Crippen LogP contribution in [0, 0.1) is 0 Å². The Balaban J connectivity index is 2.69. The molecule has 1 rings (SSSR count).